The Hall–Kier alpha value is -1.91. The van der Waals surface area contributed by atoms with E-state index in [1.807, 2.05) is 12.1 Å². The van der Waals surface area contributed by atoms with E-state index in [-0.39, 0.29) is 6.10 Å². The van der Waals surface area contributed by atoms with E-state index in [2.05, 4.69) is 5.32 Å². The molecular weight excluding hydrogens is 220 g/mol. The molecule has 1 aromatic carbocycles. The van der Waals surface area contributed by atoms with E-state index in [1.165, 1.54) is 0 Å². The van der Waals surface area contributed by atoms with Gasteiger partial charge in [0.25, 0.3) is 0 Å². The molecule has 3 N–H and O–H groups in total. The molecule has 5 heteroatoms. The fourth-order valence-corrected chi connectivity index (χ4v) is 1.18. The van der Waals surface area contributed by atoms with E-state index < -0.39 is 6.09 Å². The SMILES string of the molecule is CC(C)OC(=O)NCCOc1cccc(N)c1. The highest BCUT2D eigenvalue weighted by Gasteiger charge is 2.03. The van der Waals surface area contributed by atoms with Gasteiger partial charge in [0, 0.05) is 11.8 Å². The van der Waals surface area contributed by atoms with Gasteiger partial charge in [-0.25, -0.2) is 4.79 Å². The van der Waals surface area contributed by atoms with E-state index in [4.69, 9.17) is 15.2 Å². The molecule has 1 aromatic rings. The summed E-state index contributed by atoms with van der Waals surface area (Å²) in [5, 5.41) is 2.58. The lowest BCUT2D eigenvalue weighted by molar-refractivity contribution is 0.114. The molecule has 5 nitrogen and oxygen atoms in total. The number of benzene rings is 1. The number of carbonyl (C=O) groups is 1. The predicted octanol–water partition coefficient (Wildman–Crippen LogP) is 1.78. The van der Waals surface area contributed by atoms with Gasteiger partial charge in [-0.15, -0.1) is 0 Å². The highest BCUT2D eigenvalue weighted by Crippen LogP contribution is 2.13. The third-order valence-corrected chi connectivity index (χ3v) is 1.84. The lowest BCUT2D eigenvalue weighted by Gasteiger charge is -2.10. The number of nitrogens with one attached hydrogen (secondary N) is 1. The zero-order valence-electron chi connectivity index (χ0n) is 10.1. The largest absolute Gasteiger partial charge is 0.492 e. The number of nitrogens with two attached hydrogens (primary N) is 1. The van der Waals surface area contributed by atoms with Gasteiger partial charge in [-0.2, -0.15) is 0 Å². The van der Waals surface area contributed by atoms with Crippen LogP contribution in [0.1, 0.15) is 13.8 Å². The van der Waals surface area contributed by atoms with E-state index in [0.29, 0.717) is 24.6 Å². The minimum absolute atomic E-state index is 0.121. The fraction of sp³-hybridized carbons (Fsp3) is 0.417. The summed E-state index contributed by atoms with van der Waals surface area (Å²) >= 11 is 0. The van der Waals surface area contributed by atoms with Gasteiger partial charge in [-0.1, -0.05) is 6.07 Å². The van der Waals surface area contributed by atoms with E-state index in [0.717, 1.165) is 0 Å². The average molecular weight is 238 g/mol. The van der Waals surface area contributed by atoms with Crippen molar-refractivity contribution in [3.63, 3.8) is 0 Å². The monoisotopic (exact) mass is 238 g/mol. The highest BCUT2D eigenvalue weighted by molar-refractivity contribution is 5.67. The number of rotatable bonds is 5. The maximum atomic E-state index is 11.1. The second-order valence-corrected chi connectivity index (χ2v) is 3.80. The van der Waals surface area contributed by atoms with Crippen LogP contribution in [-0.2, 0) is 4.74 Å². The molecule has 0 fully saturated rings. The molecular formula is C12H18N2O3. The smallest absolute Gasteiger partial charge is 0.407 e. The van der Waals surface area contributed by atoms with Gasteiger partial charge in [-0.05, 0) is 26.0 Å². The molecule has 17 heavy (non-hydrogen) atoms. The number of carbonyl (C=O) groups excluding carboxylic acids is 1. The van der Waals surface area contributed by atoms with Gasteiger partial charge in [0.05, 0.1) is 12.6 Å². The minimum atomic E-state index is -0.434. The standard InChI is InChI=1S/C12H18N2O3/c1-9(2)17-12(15)14-6-7-16-11-5-3-4-10(13)8-11/h3-5,8-9H,6-7,13H2,1-2H3,(H,14,15). The number of ether oxygens (including phenoxy) is 2. The van der Waals surface area contributed by atoms with Gasteiger partial charge in [0.1, 0.15) is 12.4 Å². The molecule has 0 unspecified atom stereocenters. The van der Waals surface area contributed by atoms with Crippen LogP contribution in [0.15, 0.2) is 24.3 Å². The van der Waals surface area contributed by atoms with E-state index in [9.17, 15) is 4.79 Å². The van der Waals surface area contributed by atoms with Crippen LogP contribution in [-0.4, -0.2) is 25.3 Å². The number of anilines is 1. The van der Waals surface area contributed by atoms with Crippen molar-refractivity contribution in [3.05, 3.63) is 24.3 Å². The molecule has 0 radical (unpaired) electrons. The topological polar surface area (TPSA) is 73.6 Å². The first-order valence-electron chi connectivity index (χ1n) is 5.51. The van der Waals surface area contributed by atoms with Gasteiger partial charge in [-0.3, -0.25) is 0 Å². The van der Waals surface area contributed by atoms with Crippen molar-refractivity contribution in [2.45, 2.75) is 20.0 Å². The minimum Gasteiger partial charge on any atom is -0.492 e. The van der Waals surface area contributed by atoms with Crippen molar-refractivity contribution in [2.24, 2.45) is 0 Å². The molecule has 0 aliphatic rings. The van der Waals surface area contributed by atoms with Crippen molar-refractivity contribution < 1.29 is 14.3 Å². The Balaban J connectivity index is 2.18. The summed E-state index contributed by atoms with van der Waals surface area (Å²) in [5.74, 6) is 0.684. The van der Waals surface area contributed by atoms with Gasteiger partial charge in [0.15, 0.2) is 0 Å². The molecule has 1 rings (SSSR count). The van der Waals surface area contributed by atoms with E-state index >= 15 is 0 Å². The van der Waals surface area contributed by atoms with Crippen LogP contribution in [0.2, 0.25) is 0 Å². The quantitative estimate of drug-likeness (QED) is 0.605. The summed E-state index contributed by atoms with van der Waals surface area (Å²) in [6.45, 7) is 4.35. The maximum Gasteiger partial charge on any atom is 0.407 e. The van der Waals surface area contributed by atoms with E-state index in [1.54, 1.807) is 26.0 Å². The second kappa shape index (κ2) is 6.62. The summed E-state index contributed by atoms with van der Waals surface area (Å²) in [6, 6.07) is 7.13. The lowest BCUT2D eigenvalue weighted by atomic mass is 10.3. The predicted molar refractivity (Wildman–Crippen MR) is 66.0 cm³/mol. The van der Waals surface area contributed by atoms with Crippen molar-refractivity contribution in [1.29, 1.82) is 0 Å². The Bertz CT molecular complexity index is 367. The van der Waals surface area contributed by atoms with Crippen LogP contribution in [0.3, 0.4) is 0 Å². The van der Waals surface area contributed by atoms with Crippen molar-refractivity contribution >= 4 is 11.8 Å². The normalized spacial score (nSPS) is 10.1. The molecule has 1 amide bonds. The van der Waals surface area contributed by atoms with Crippen molar-refractivity contribution in [3.8, 4) is 5.75 Å². The summed E-state index contributed by atoms with van der Waals surface area (Å²) in [4.78, 5) is 11.1. The molecule has 0 aliphatic carbocycles. The Morgan fingerprint density at radius 1 is 1.47 bits per heavy atom. The van der Waals surface area contributed by atoms with Crippen LogP contribution >= 0.6 is 0 Å². The summed E-state index contributed by atoms with van der Waals surface area (Å²) in [5.41, 5.74) is 6.24. The molecule has 0 aliphatic heterocycles. The number of amides is 1. The van der Waals surface area contributed by atoms with Crippen molar-refractivity contribution in [2.75, 3.05) is 18.9 Å². The number of alkyl carbamates (subject to hydrolysis) is 1. The fourth-order valence-electron chi connectivity index (χ4n) is 1.18. The molecule has 0 spiro atoms. The molecule has 94 valence electrons. The van der Waals surface area contributed by atoms with Gasteiger partial charge >= 0.3 is 6.09 Å². The number of hydrogen-bond donors (Lipinski definition) is 2. The van der Waals surface area contributed by atoms with Crippen LogP contribution in [0.5, 0.6) is 5.75 Å². The zero-order valence-corrected chi connectivity index (χ0v) is 10.1. The highest BCUT2D eigenvalue weighted by atomic mass is 16.6. The van der Waals surface area contributed by atoms with Crippen LogP contribution in [0.4, 0.5) is 10.5 Å². The molecule has 0 saturated heterocycles. The zero-order chi connectivity index (χ0) is 12.7. The first-order valence-corrected chi connectivity index (χ1v) is 5.51. The second-order valence-electron chi connectivity index (χ2n) is 3.80. The first-order chi connectivity index (χ1) is 8.08. The molecule has 0 atom stereocenters. The molecule has 0 aromatic heterocycles. The average Bonchev–Trinajstić information content (AvgIpc) is 2.23. The van der Waals surface area contributed by atoms with Gasteiger partial charge in [0.2, 0.25) is 0 Å². The first kappa shape index (κ1) is 13.2. The molecule has 0 bridgehead atoms. The molecule has 0 saturated carbocycles. The Kier molecular flexibility index (Phi) is 5.13. The third-order valence-electron chi connectivity index (χ3n) is 1.84. The Labute approximate surface area is 101 Å². The Morgan fingerprint density at radius 3 is 2.88 bits per heavy atom. The summed E-state index contributed by atoms with van der Waals surface area (Å²) in [6.07, 6.45) is -0.555. The molecule has 0 heterocycles. The third kappa shape index (κ3) is 5.65. The number of nitrogen functional groups attached to an aromatic ring is 1. The maximum absolute atomic E-state index is 11.1. The van der Waals surface area contributed by atoms with Gasteiger partial charge < -0.3 is 20.5 Å². The number of hydrogen-bond acceptors (Lipinski definition) is 4. The van der Waals surface area contributed by atoms with Crippen LogP contribution < -0.4 is 15.8 Å². The lowest BCUT2D eigenvalue weighted by Crippen LogP contribution is -2.30. The van der Waals surface area contributed by atoms with Crippen LogP contribution in [0.25, 0.3) is 0 Å². The van der Waals surface area contributed by atoms with Crippen LogP contribution in [0, 0.1) is 0 Å². The summed E-state index contributed by atoms with van der Waals surface area (Å²) in [7, 11) is 0. The summed E-state index contributed by atoms with van der Waals surface area (Å²) < 4.78 is 10.3. The van der Waals surface area contributed by atoms with Crippen molar-refractivity contribution in [1.82, 2.24) is 5.32 Å². The Morgan fingerprint density at radius 2 is 2.24 bits per heavy atom.